The normalized spacial score (nSPS) is 34.6. The van der Waals surface area contributed by atoms with Gasteiger partial charge in [-0.05, 0) is 20.8 Å². The van der Waals surface area contributed by atoms with Crippen molar-refractivity contribution in [1.82, 2.24) is 10.6 Å². The molecule has 2 fully saturated rings. The van der Waals surface area contributed by atoms with Crippen molar-refractivity contribution in [2.24, 2.45) is 0 Å². The van der Waals surface area contributed by atoms with Crippen molar-refractivity contribution in [3.63, 3.8) is 0 Å². The standard InChI is InChI=1S/C11H20N2O3/c1-10(2,3)16-9(14)11-6-12-4-8(15-11)5-13-7-11/h8,12-13H,4-7H2,1-3H3. The summed E-state index contributed by atoms with van der Waals surface area (Å²) >= 11 is 0. The lowest BCUT2D eigenvalue weighted by molar-refractivity contribution is -0.201. The summed E-state index contributed by atoms with van der Waals surface area (Å²) < 4.78 is 11.2. The van der Waals surface area contributed by atoms with E-state index in [1.165, 1.54) is 0 Å². The first-order valence-electron chi connectivity index (χ1n) is 5.74. The van der Waals surface area contributed by atoms with Gasteiger partial charge in [-0.1, -0.05) is 0 Å². The summed E-state index contributed by atoms with van der Waals surface area (Å²) in [4.78, 5) is 12.1. The largest absolute Gasteiger partial charge is 0.458 e. The summed E-state index contributed by atoms with van der Waals surface area (Å²) in [6.45, 7) is 8.22. The van der Waals surface area contributed by atoms with E-state index in [0.29, 0.717) is 13.1 Å². The van der Waals surface area contributed by atoms with Crippen LogP contribution in [0.2, 0.25) is 0 Å². The molecule has 0 aromatic rings. The summed E-state index contributed by atoms with van der Waals surface area (Å²) in [5, 5.41) is 6.46. The van der Waals surface area contributed by atoms with Crippen LogP contribution in [-0.2, 0) is 14.3 Å². The Balaban J connectivity index is 2.08. The number of esters is 1. The van der Waals surface area contributed by atoms with Gasteiger partial charge in [-0.3, -0.25) is 0 Å². The first-order chi connectivity index (χ1) is 7.41. The van der Waals surface area contributed by atoms with Crippen molar-refractivity contribution in [2.45, 2.75) is 38.1 Å². The van der Waals surface area contributed by atoms with Crippen LogP contribution in [0.25, 0.3) is 0 Å². The van der Waals surface area contributed by atoms with Crippen LogP contribution >= 0.6 is 0 Å². The molecule has 0 amide bonds. The summed E-state index contributed by atoms with van der Waals surface area (Å²) in [6, 6.07) is 0. The molecule has 2 aliphatic heterocycles. The maximum atomic E-state index is 12.1. The molecule has 5 heteroatoms. The van der Waals surface area contributed by atoms with Gasteiger partial charge in [0.05, 0.1) is 6.10 Å². The number of nitrogens with one attached hydrogen (secondary N) is 2. The lowest BCUT2D eigenvalue weighted by Crippen LogP contribution is -2.69. The van der Waals surface area contributed by atoms with Crippen molar-refractivity contribution >= 4 is 5.97 Å². The highest BCUT2D eigenvalue weighted by molar-refractivity contribution is 5.81. The third-order valence-corrected chi connectivity index (χ3v) is 2.73. The number of hydrogen-bond acceptors (Lipinski definition) is 5. The molecule has 0 unspecified atom stereocenters. The number of rotatable bonds is 1. The highest BCUT2D eigenvalue weighted by Gasteiger charge is 2.48. The van der Waals surface area contributed by atoms with Crippen LogP contribution in [0, 0.1) is 0 Å². The molecule has 0 aromatic carbocycles. The minimum absolute atomic E-state index is 0.0648. The van der Waals surface area contributed by atoms with Crippen molar-refractivity contribution in [2.75, 3.05) is 26.2 Å². The number of morpholine rings is 2. The molecule has 2 bridgehead atoms. The number of carbonyl (C=O) groups is 1. The van der Waals surface area contributed by atoms with Crippen LogP contribution in [0.5, 0.6) is 0 Å². The number of carbonyl (C=O) groups excluding carboxylic acids is 1. The van der Waals surface area contributed by atoms with Gasteiger partial charge >= 0.3 is 5.97 Å². The highest BCUT2D eigenvalue weighted by atomic mass is 16.6. The van der Waals surface area contributed by atoms with Gasteiger partial charge in [-0.15, -0.1) is 0 Å². The number of hydrogen-bond donors (Lipinski definition) is 2. The lowest BCUT2D eigenvalue weighted by atomic mass is 9.98. The van der Waals surface area contributed by atoms with Crippen LogP contribution in [0.4, 0.5) is 0 Å². The van der Waals surface area contributed by atoms with Crippen molar-refractivity contribution in [1.29, 1.82) is 0 Å². The zero-order chi connectivity index (χ0) is 11.8. The molecule has 0 aromatic heterocycles. The predicted octanol–water partition coefficient (Wildman–Crippen LogP) is -0.341. The maximum absolute atomic E-state index is 12.1. The van der Waals surface area contributed by atoms with E-state index in [1.807, 2.05) is 20.8 Å². The lowest BCUT2D eigenvalue weighted by Gasteiger charge is -2.44. The molecule has 2 aliphatic rings. The second-order valence-corrected chi connectivity index (χ2v) is 5.50. The smallest absolute Gasteiger partial charge is 0.341 e. The summed E-state index contributed by atoms with van der Waals surface area (Å²) in [6.07, 6.45) is 0.0648. The molecule has 0 radical (unpaired) electrons. The van der Waals surface area contributed by atoms with Gasteiger partial charge in [0.15, 0.2) is 5.60 Å². The Labute approximate surface area is 95.9 Å². The Bertz CT molecular complexity index is 275. The van der Waals surface area contributed by atoms with Crippen molar-refractivity contribution in [3.05, 3.63) is 0 Å². The average molecular weight is 228 g/mol. The Morgan fingerprint density at radius 1 is 1.31 bits per heavy atom. The summed E-state index contributed by atoms with van der Waals surface area (Å²) in [7, 11) is 0. The number of fused-ring (bicyclic) bond motifs is 2. The molecule has 2 rings (SSSR count). The van der Waals surface area contributed by atoms with Crippen molar-refractivity contribution in [3.8, 4) is 0 Å². The fourth-order valence-electron chi connectivity index (χ4n) is 2.05. The zero-order valence-corrected chi connectivity index (χ0v) is 10.1. The molecule has 0 spiro atoms. The molecule has 16 heavy (non-hydrogen) atoms. The topological polar surface area (TPSA) is 59.6 Å². The Hall–Kier alpha value is -0.650. The molecular weight excluding hydrogens is 208 g/mol. The highest BCUT2D eigenvalue weighted by Crippen LogP contribution is 2.24. The van der Waals surface area contributed by atoms with Crippen LogP contribution in [0.1, 0.15) is 20.8 Å². The Morgan fingerprint density at radius 3 is 2.38 bits per heavy atom. The van der Waals surface area contributed by atoms with E-state index in [9.17, 15) is 4.79 Å². The van der Waals surface area contributed by atoms with Crippen LogP contribution < -0.4 is 10.6 Å². The summed E-state index contributed by atoms with van der Waals surface area (Å²) in [5.74, 6) is -0.274. The van der Waals surface area contributed by atoms with Gasteiger partial charge < -0.3 is 20.1 Å². The molecule has 0 atom stereocenters. The third kappa shape index (κ3) is 2.36. The van der Waals surface area contributed by atoms with Gasteiger partial charge in [0.1, 0.15) is 5.60 Å². The fourth-order valence-corrected chi connectivity index (χ4v) is 2.05. The molecule has 0 saturated carbocycles. The fraction of sp³-hybridized carbons (Fsp3) is 0.909. The quantitative estimate of drug-likeness (QED) is 0.601. The molecule has 5 nitrogen and oxygen atoms in total. The van der Waals surface area contributed by atoms with E-state index in [4.69, 9.17) is 9.47 Å². The van der Waals surface area contributed by atoms with Gasteiger partial charge in [-0.25, -0.2) is 4.79 Å². The van der Waals surface area contributed by atoms with Gasteiger partial charge in [-0.2, -0.15) is 0 Å². The van der Waals surface area contributed by atoms with E-state index >= 15 is 0 Å². The van der Waals surface area contributed by atoms with E-state index < -0.39 is 11.2 Å². The van der Waals surface area contributed by atoms with Gasteiger partial charge in [0, 0.05) is 26.2 Å². The second-order valence-electron chi connectivity index (χ2n) is 5.50. The molecule has 2 heterocycles. The average Bonchev–Trinajstić information content (AvgIpc) is 2.15. The molecule has 2 N–H and O–H groups in total. The van der Waals surface area contributed by atoms with E-state index in [0.717, 1.165) is 13.1 Å². The van der Waals surface area contributed by atoms with Crippen LogP contribution in [-0.4, -0.2) is 49.5 Å². The minimum atomic E-state index is -0.839. The van der Waals surface area contributed by atoms with E-state index in [2.05, 4.69) is 10.6 Å². The molecular formula is C11H20N2O3. The first-order valence-corrected chi connectivity index (χ1v) is 5.74. The molecule has 92 valence electrons. The second kappa shape index (κ2) is 3.98. The summed E-state index contributed by atoms with van der Waals surface area (Å²) in [5.41, 5.74) is -1.31. The Morgan fingerprint density at radius 2 is 1.88 bits per heavy atom. The van der Waals surface area contributed by atoms with E-state index in [1.54, 1.807) is 0 Å². The molecule has 0 aliphatic carbocycles. The monoisotopic (exact) mass is 228 g/mol. The predicted molar refractivity (Wildman–Crippen MR) is 59.2 cm³/mol. The first kappa shape index (κ1) is 11.8. The van der Waals surface area contributed by atoms with Gasteiger partial charge in [0.2, 0.25) is 0 Å². The van der Waals surface area contributed by atoms with Crippen LogP contribution in [0.15, 0.2) is 0 Å². The minimum Gasteiger partial charge on any atom is -0.458 e. The van der Waals surface area contributed by atoms with Crippen molar-refractivity contribution < 1.29 is 14.3 Å². The van der Waals surface area contributed by atoms with Gasteiger partial charge in [0.25, 0.3) is 0 Å². The maximum Gasteiger partial charge on any atom is 0.341 e. The Kier molecular flexibility index (Phi) is 2.94. The SMILES string of the molecule is CC(C)(C)OC(=O)C12CNCC(CNC1)O2. The molecule has 2 saturated heterocycles. The number of ether oxygens (including phenoxy) is 2. The van der Waals surface area contributed by atoms with E-state index in [-0.39, 0.29) is 12.1 Å². The van der Waals surface area contributed by atoms with Crippen LogP contribution in [0.3, 0.4) is 0 Å². The third-order valence-electron chi connectivity index (χ3n) is 2.73. The zero-order valence-electron chi connectivity index (χ0n) is 10.1.